The first-order valence-corrected chi connectivity index (χ1v) is 17.7. The van der Waals surface area contributed by atoms with Crippen molar-refractivity contribution in [3.8, 4) is 0 Å². The van der Waals surface area contributed by atoms with Gasteiger partial charge in [-0.25, -0.2) is 16.8 Å². The van der Waals surface area contributed by atoms with E-state index >= 15 is 0 Å². The monoisotopic (exact) mass is 784 g/mol. The van der Waals surface area contributed by atoms with E-state index in [0.717, 1.165) is 12.1 Å². The summed E-state index contributed by atoms with van der Waals surface area (Å²) in [5, 5.41) is 11.5. The van der Waals surface area contributed by atoms with Gasteiger partial charge in [0.2, 0.25) is 35.7 Å². The van der Waals surface area contributed by atoms with E-state index in [0.29, 0.717) is 11.4 Å². The second kappa shape index (κ2) is 18.1. The summed E-state index contributed by atoms with van der Waals surface area (Å²) in [6, 6.07) is 25.5. The number of benzene rings is 4. The maximum absolute atomic E-state index is 12.3. The third kappa shape index (κ3) is 11.4. The predicted octanol–water partition coefficient (Wildman–Crippen LogP) is 0.797. The van der Waals surface area contributed by atoms with Gasteiger partial charge in [0.15, 0.2) is 0 Å². The quantitative estimate of drug-likeness (QED) is 0.0568. The Kier molecular flexibility index (Phi) is 14.0. The van der Waals surface area contributed by atoms with Crippen LogP contribution < -0.4 is 62.3 Å². The Morgan fingerprint density at radius 1 is 0.481 bits per heavy atom. The minimum atomic E-state index is -5.07. The predicted molar refractivity (Wildman–Crippen MR) is 198 cm³/mol. The van der Waals surface area contributed by atoms with Crippen molar-refractivity contribution in [3.05, 3.63) is 108 Å². The number of nitrogen functional groups attached to an aromatic ring is 2. The molecule has 0 aliphatic heterocycles. The largest absolute Gasteiger partial charge is 1.00 e. The first-order chi connectivity index (χ1) is 24.8. The summed E-state index contributed by atoms with van der Waals surface area (Å²) in [6.45, 7) is 0. The molecule has 0 bridgehead atoms. The molecule has 54 heavy (non-hydrogen) atoms. The summed E-state index contributed by atoms with van der Waals surface area (Å²) < 4.78 is 73.8. The first kappa shape index (κ1) is 42.0. The number of anilines is 10. The van der Waals surface area contributed by atoms with Crippen molar-refractivity contribution < 1.29 is 55.5 Å². The van der Waals surface area contributed by atoms with Gasteiger partial charge in [-0.1, -0.05) is 60.7 Å². The van der Waals surface area contributed by atoms with Crippen LogP contribution >= 0.6 is 0 Å². The number of rotatable bonds is 12. The van der Waals surface area contributed by atoms with E-state index in [1.165, 1.54) is 36.4 Å². The molecule has 0 saturated heterocycles. The minimum Gasteiger partial charge on any atom is -0.744 e. The van der Waals surface area contributed by atoms with Gasteiger partial charge in [-0.15, -0.1) is 0 Å². The summed E-state index contributed by atoms with van der Waals surface area (Å²) in [5.74, 6) is -0.174. The van der Waals surface area contributed by atoms with Gasteiger partial charge in [-0.3, -0.25) is 0 Å². The Morgan fingerprint density at radius 2 is 0.796 bits per heavy atom. The summed E-state index contributed by atoms with van der Waals surface area (Å²) in [5.41, 5.74) is 13.0. The average molecular weight is 785 g/mol. The molecule has 1 radical (unpaired) electrons. The molecule has 0 aliphatic rings. The third-order valence-electron chi connectivity index (χ3n) is 6.89. The molecular formula is C32H26N12Na2O6S2-. The van der Waals surface area contributed by atoms with Crippen LogP contribution in [0.15, 0.2) is 107 Å². The molecular weight excluding hydrogens is 759 g/mol. The third-order valence-corrected chi connectivity index (χ3v) is 8.67. The molecule has 22 heteroatoms. The second-order valence-electron chi connectivity index (χ2n) is 10.7. The summed E-state index contributed by atoms with van der Waals surface area (Å²) in [7, 11) is -10.1. The van der Waals surface area contributed by atoms with Crippen LogP contribution in [0.25, 0.3) is 12.2 Å². The number of nitrogens with one attached hydrogen (secondary N) is 4. The van der Waals surface area contributed by atoms with Crippen LogP contribution in [0, 0.1) is 0 Å². The Labute approximate surface area is 353 Å². The number of nitrogens with zero attached hydrogens (tertiary/aromatic N) is 6. The number of aromatic nitrogens is 6. The van der Waals surface area contributed by atoms with E-state index in [4.69, 9.17) is 11.5 Å². The van der Waals surface area contributed by atoms with Crippen LogP contribution in [0.3, 0.4) is 0 Å². The molecule has 6 rings (SSSR count). The number of nitrogens with two attached hydrogens (primary N) is 2. The van der Waals surface area contributed by atoms with E-state index < -0.39 is 30.0 Å². The van der Waals surface area contributed by atoms with Crippen LogP contribution in [0.5, 0.6) is 0 Å². The summed E-state index contributed by atoms with van der Waals surface area (Å²) >= 11 is 0. The second-order valence-corrected chi connectivity index (χ2v) is 13.4. The minimum absolute atomic E-state index is 0. The molecule has 0 aliphatic carbocycles. The van der Waals surface area contributed by atoms with Gasteiger partial charge >= 0.3 is 29.6 Å². The molecule has 265 valence electrons. The summed E-state index contributed by atoms with van der Waals surface area (Å²) in [4.78, 5) is 23.2. The smallest absolute Gasteiger partial charge is 0.744 e. The molecule has 4 aromatic carbocycles. The van der Waals surface area contributed by atoms with Gasteiger partial charge in [0, 0.05) is 52.3 Å². The molecule has 6 aromatic rings. The standard InChI is InChI=1S/C32H28N12O6S2.2Na/c33-27-39-29(35-21-7-3-1-4-8-21)43-31(41-27)37-23-15-13-19(25(17-23)51(45,46)47)11-12-20-14-16-24(18-26(20)52(48,49)50)38-32-42-28(34)40-30(44-32)36-22-9-5-2-6-10-22;;/h1-18H,(H,45,46,47)(H,48,49,50)(H4,33,35,37,39,41,43)(H4,34,36,38,40,42,44);;/q;;+1/p-2. The van der Waals surface area contributed by atoms with E-state index in [2.05, 4.69) is 51.2 Å². The van der Waals surface area contributed by atoms with Crippen LogP contribution in [0.4, 0.5) is 58.4 Å². The fourth-order valence-electron chi connectivity index (χ4n) is 4.68. The van der Waals surface area contributed by atoms with E-state index in [9.17, 15) is 25.9 Å². The van der Waals surface area contributed by atoms with Crippen LogP contribution in [0.1, 0.15) is 11.1 Å². The van der Waals surface area contributed by atoms with Crippen molar-refractivity contribution in [2.24, 2.45) is 0 Å². The van der Waals surface area contributed by atoms with E-state index in [-0.39, 0.29) is 117 Å². The van der Waals surface area contributed by atoms with Gasteiger partial charge in [-0.05, 0) is 59.7 Å². The normalized spacial score (nSPS) is 11.2. The zero-order valence-corrected chi connectivity index (χ0v) is 34.1. The van der Waals surface area contributed by atoms with Gasteiger partial charge in [0.25, 0.3) is 0 Å². The molecule has 0 saturated carbocycles. The Bertz CT molecular complexity index is 2350. The Balaban J connectivity index is 0.00000325. The van der Waals surface area contributed by atoms with Crippen LogP contribution in [-0.4, -0.2) is 85.4 Å². The topological polar surface area (TPSA) is 292 Å². The fourth-order valence-corrected chi connectivity index (χ4v) is 6.07. The maximum Gasteiger partial charge on any atom is 1.00 e. The Hall–Kier alpha value is -4.74. The fraction of sp³-hybridized carbons (Fsp3) is 0. The molecule has 0 spiro atoms. The molecule has 0 atom stereocenters. The van der Waals surface area contributed by atoms with Gasteiger partial charge in [-0.2, -0.15) is 29.9 Å². The van der Waals surface area contributed by atoms with Crippen LogP contribution in [-0.2, 0) is 20.2 Å². The Morgan fingerprint density at radius 3 is 1.11 bits per heavy atom. The van der Waals surface area contributed by atoms with Crippen molar-refractivity contribution >= 4 is 120 Å². The average Bonchev–Trinajstić information content (AvgIpc) is 3.07. The van der Waals surface area contributed by atoms with Crippen molar-refractivity contribution in [3.63, 3.8) is 0 Å². The molecule has 2 heterocycles. The number of hydrogen-bond acceptors (Lipinski definition) is 18. The molecule has 18 nitrogen and oxygen atoms in total. The number of para-hydroxylation sites is 2. The van der Waals surface area contributed by atoms with Crippen molar-refractivity contribution in [1.29, 1.82) is 0 Å². The molecule has 0 unspecified atom stereocenters. The van der Waals surface area contributed by atoms with Crippen molar-refractivity contribution in [1.82, 2.24) is 29.9 Å². The molecule has 0 amide bonds. The van der Waals surface area contributed by atoms with Gasteiger partial charge in [0.05, 0.1) is 9.79 Å². The van der Waals surface area contributed by atoms with Crippen molar-refractivity contribution in [2.75, 3.05) is 32.7 Å². The zero-order valence-electron chi connectivity index (χ0n) is 28.5. The zero-order chi connectivity index (χ0) is 36.9. The summed E-state index contributed by atoms with van der Waals surface area (Å²) in [6.07, 6.45) is 2.37. The van der Waals surface area contributed by atoms with Gasteiger partial charge in [0.1, 0.15) is 20.2 Å². The first-order valence-electron chi connectivity index (χ1n) is 14.9. The molecule has 0 fully saturated rings. The van der Waals surface area contributed by atoms with Gasteiger partial charge < -0.3 is 41.8 Å². The van der Waals surface area contributed by atoms with Crippen LogP contribution in [0.2, 0.25) is 0 Å². The molecule has 2 aromatic heterocycles. The van der Waals surface area contributed by atoms with Crippen molar-refractivity contribution in [2.45, 2.75) is 9.79 Å². The molecule has 8 N–H and O–H groups in total. The number of hydrogen-bond donors (Lipinski definition) is 6. The van der Waals surface area contributed by atoms with E-state index in [1.54, 1.807) is 48.5 Å². The SMILES string of the molecule is Nc1nc(Nc2ccccc2)nc(Nc2ccc(C=Cc3ccc(Nc4nc(N)nc(Nc5ccccc5)n4)cc3S(=O)(=O)[O-])c(S(=O)(=O)[O-])c2)n1.[Na+].[Na]. The van der Waals surface area contributed by atoms with E-state index in [1.807, 2.05) is 12.1 Å². The maximum atomic E-state index is 12.3.